The van der Waals surface area contributed by atoms with Gasteiger partial charge in [-0.25, -0.2) is 9.18 Å². The smallest absolute Gasteiger partial charge is 0.342 e. The highest BCUT2D eigenvalue weighted by atomic mass is 35.5. The molecule has 0 spiro atoms. The molecule has 1 aliphatic carbocycles. The molecule has 0 bridgehead atoms. The topological polar surface area (TPSA) is 55.4 Å². The second kappa shape index (κ2) is 7.01. The third kappa shape index (κ3) is 3.92. The average Bonchev–Trinajstić information content (AvgIpc) is 3.37. The lowest BCUT2D eigenvalue weighted by atomic mass is 10.1. The zero-order chi connectivity index (χ0) is 17.1. The van der Waals surface area contributed by atoms with Crippen molar-refractivity contribution in [2.24, 2.45) is 0 Å². The molecule has 3 rings (SSSR count). The Kier molecular flexibility index (Phi) is 4.81. The van der Waals surface area contributed by atoms with Gasteiger partial charge in [-0.3, -0.25) is 4.79 Å². The van der Waals surface area contributed by atoms with Gasteiger partial charge >= 0.3 is 5.97 Å². The van der Waals surface area contributed by atoms with Gasteiger partial charge in [-0.15, -0.1) is 0 Å². The molecule has 1 aliphatic rings. The van der Waals surface area contributed by atoms with Gasteiger partial charge < -0.3 is 10.1 Å². The molecular weight excluding hydrogens is 333 g/mol. The van der Waals surface area contributed by atoms with Gasteiger partial charge in [0, 0.05) is 16.6 Å². The molecule has 1 atom stereocenters. The Morgan fingerprint density at radius 2 is 1.88 bits per heavy atom. The van der Waals surface area contributed by atoms with Crippen LogP contribution in [0.15, 0.2) is 48.5 Å². The lowest BCUT2D eigenvalue weighted by molar-refractivity contribution is -0.130. The lowest BCUT2D eigenvalue weighted by Gasteiger charge is -2.18. The Labute approximate surface area is 143 Å². The highest BCUT2D eigenvalue weighted by Crippen LogP contribution is 2.25. The highest BCUT2D eigenvalue weighted by molar-refractivity contribution is 6.30. The summed E-state index contributed by atoms with van der Waals surface area (Å²) in [5, 5.41) is 2.98. The Hall–Kier alpha value is -2.40. The molecule has 0 saturated heterocycles. The van der Waals surface area contributed by atoms with Crippen LogP contribution in [-0.4, -0.2) is 17.9 Å². The third-order valence-corrected chi connectivity index (χ3v) is 3.88. The molecule has 0 radical (unpaired) electrons. The molecule has 1 amide bonds. The number of carbonyl (C=O) groups excluding carboxylic acids is 2. The monoisotopic (exact) mass is 347 g/mol. The van der Waals surface area contributed by atoms with Crippen LogP contribution in [0.1, 0.15) is 34.9 Å². The minimum atomic E-state index is -1.13. The average molecular weight is 348 g/mol. The molecule has 1 saturated carbocycles. The Balaban J connectivity index is 1.82. The third-order valence-electron chi connectivity index (χ3n) is 3.64. The zero-order valence-electron chi connectivity index (χ0n) is 12.7. The van der Waals surface area contributed by atoms with Crippen LogP contribution in [0.25, 0.3) is 0 Å². The van der Waals surface area contributed by atoms with Crippen molar-refractivity contribution in [1.82, 2.24) is 5.32 Å². The fraction of sp³-hybridized carbons (Fsp3) is 0.222. The van der Waals surface area contributed by atoms with E-state index in [0.717, 1.165) is 18.9 Å². The van der Waals surface area contributed by atoms with E-state index in [4.69, 9.17) is 16.3 Å². The number of esters is 1. The largest absolute Gasteiger partial charge is 0.444 e. The number of carbonyl (C=O) groups is 2. The van der Waals surface area contributed by atoms with Crippen LogP contribution in [0.5, 0.6) is 0 Å². The maximum Gasteiger partial charge on any atom is 0.342 e. The van der Waals surface area contributed by atoms with E-state index in [2.05, 4.69) is 5.32 Å². The second-order valence-corrected chi connectivity index (χ2v) is 6.04. The summed E-state index contributed by atoms with van der Waals surface area (Å²) in [6.45, 7) is 0. The predicted octanol–water partition coefficient (Wildman–Crippen LogP) is 3.66. The summed E-state index contributed by atoms with van der Waals surface area (Å²) in [6.07, 6.45) is 0.689. The van der Waals surface area contributed by atoms with E-state index in [1.807, 2.05) is 0 Å². The summed E-state index contributed by atoms with van der Waals surface area (Å²) in [6, 6.07) is 12.4. The molecule has 2 aromatic rings. The number of hydrogen-bond donors (Lipinski definition) is 1. The van der Waals surface area contributed by atoms with E-state index in [1.54, 1.807) is 30.3 Å². The van der Waals surface area contributed by atoms with Crippen LogP contribution in [0.4, 0.5) is 4.39 Å². The van der Waals surface area contributed by atoms with Gasteiger partial charge in [0.25, 0.3) is 5.91 Å². The lowest BCUT2D eigenvalue weighted by Crippen LogP contribution is -2.33. The fourth-order valence-corrected chi connectivity index (χ4v) is 2.39. The minimum absolute atomic E-state index is 0.120. The molecule has 0 heterocycles. The van der Waals surface area contributed by atoms with Gasteiger partial charge in [-0.1, -0.05) is 41.9 Å². The number of halogens is 2. The molecule has 6 heteroatoms. The number of rotatable bonds is 5. The number of ether oxygens (including phenoxy) is 1. The van der Waals surface area contributed by atoms with Crippen molar-refractivity contribution in [2.75, 3.05) is 0 Å². The van der Waals surface area contributed by atoms with E-state index in [0.29, 0.717) is 5.56 Å². The SMILES string of the molecule is O=C(O[C@H](C(=O)NC1CC1)c1ccccc1)c1ccc(Cl)cc1F. The van der Waals surface area contributed by atoms with Gasteiger partial charge in [0.2, 0.25) is 6.10 Å². The molecule has 1 fully saturated rings. The van der Waals surface area contributed by atoms with Crippen molar-refractivity contribution in [3.8, 4) is 0 Å². The van der Waals surface area contributed by atoms with Gasteiger partial charge in [-0.2, -0.15) is 0 Å². The van der Waals surface area contributed by atoms with Crippen molar-refractivity contribution in [3.05, 3.63) is 70.5 Å². The van der Waals surface area contributed by atoms with Gasteiger partial charge in [0.15, 0.2) is 0 Å². The van der Waals surface area contributed by atoms with Crippen LogP contribution >= 0.6 is 11.6 Å². The van der Waals surface area contributed by atoms with E-state index >= 15 is 0 Å². The first-order chi connectivity index (χ1) is 11.5. The maximum absolute atomic E-state index is 13.9. The number of nitrogens with one attached hydrogen (secondary N) is 1. The quantitative estimate of drug-likeness (QED) is 0.840. The standard InChI is InChI=1S/C18H15ClFNO3/c19-12-6-9-14(15(20)10-12)18(23)24-16(11-4-2-1-3-5-11)17(22)21-13-7-8-13/h1-6,9-10,13,16H,7-8H2,(H,21,22)/t16-/m0/s1. The summed E-state index contributed by atoms with van der Waals surface area (Å²) >= 11 is 5.68. The fourth-order valence-electron chi connectivity index (χ4n) is 2.23. The van der Waals surface area contributed by atoms with Crippen molar-refractivity contribution in [1.29, 1.82) is 0 Å². The molecular formula is C18H15ClFNO3. The van der Waals surface area contributed by atoms with Crippen molar-refractivity contribution >= 4 is 23.5 Å². The van der Waals surface area contributed by atoms with Crippen LogP contribution in [0.2, 0.25) is 5.02 Å². The number of benzene rings is 2. The molecule has 4 nitrogen and oxygen atoms in total. The molecule has 1 N–H and O–H groups in total. The van der Waals surface area contributed by atoms with E-state index in [1.165, 1.54) is 12.1 Å². The summed E-state index contributed by atoms with van der Waals surface area (Å²) in [7, 11) is 0. The summed E-state index contributed by atoms with van der Waals surface area (Å²) in [5.41, 5.74) is 0.262. The minimum Gasteiger partial charge on any atom is -0.444 e. The first kappa shape index (κ1) is 16.5. The molecule has 124 valence electrons. The van der Waals surface area contributed by atoms with Crippen LogP contribution in [0, 0.1) is 5.82 Å². The number of amides is 1. The van der Waals surface area contributed by atoms with Crippen LogP contribution in [0.3, 0.4) is 0 Å². The van der Waals surface area contributed by atoms with Gasteiger partial charge in [0.1, 0.15) is 5.82 Å². The van der Waals surface area contributed by atoms with Gasteiger partial charge in [-0.05, 0) is 31.0 Å². The molecule has 24 heavy (non-hydrogen) atoms. The zero-order valence-corrected chi connectivity index (χ0v) is 13.4. The maximum atomic E-state index is 13.9. The van der Waals surface area contributed by atoms with E-state index in [9.17, 15) is 14.0 Å². The molecule has 0 unspecified atom stereocenters. The molecule has 2 aromatic carbocycles. The van der Waals surface area contributed by atoms with Crippen LogP contribution in [-0.2, 0) is 9.53 Å². The highest BCUT2D eigenvalue weighted by Gasteiger charge is 2.31. The Morgan fingerprint density at radius 3 is 2.50 bits per heavy atom. The van der Waals surface area contributed by atoms with Crippen LogP contribution < -0.4 is 5.32 Å². The molecule has 0 aromatic heterocycles. The molecule has 0 aliphatic heterocycles. The van der Waals surface area contributed by atoms with Crippen molar-refractivity contribution < 1.29 is 18.7 Å². The van der Waals surface area contributed by atoms with Crippen molar-refractivity contribution in [2.45, 2.75) is 25.0 Å². The Morgan fingerprint density at radius 1 is 1.17 bits per heavy atom. The first-order valence-corrected chi connectivity index (χ1v) is 7.94. The summed E-state index contributed by atoms with van der Waals surface area (Å²) < 4.78 is 19.2. The van der Waals surface area contributed by atoms with E-state index in [-0.39, 0.29) is 16.6 Å². The number of hydrogen-bond acceptors (Lipinski definition) is 3. The Bertz CT molecular complexity index is 762. The van der Waals surface area contributed by atoms with E-state index < -0.39 is 23.8 Å². The summed E-state index contributed by atoms with van der Waals surface area (Å²) in [5.74, 6) is -2.11. The second-order valence-electron chi connectivity index (χ2n) is 5.60. The predicted molar refractivity (Wildman–Crippen MR) is 87.2 cm³/mol. The normalized spacial score (nSPS) is 14.8. The van der Waals surface area contributed by atoms with Gasteiger partial charge in [0.05, 0.1) is 5.56 Å². The summed E-state index contributed by atoms with van der Waals surface area (Å²) in [4.78, 5) is 24.7. The van der Waals surface area contributed by atoms with Crippen molar-refractivity contribution in [3.63, 3.8) is 0 Å². The first-order valence-electron chi connectivity index (χ1n) is 7.56.